The smallest absolute Gasteiger partial charge is 0.204 e. The highest BCUT2D eigenvalue weighted by Gasteiger charge is 2.09. The van der Waals surface area contributed by atoms with E-state index in [9.17, 15) is 0 Å². The van der Waals surface area contributed by atoms with Crippen molar-refractivity contribution < 1.29 is 9.47 Å². The molecule has 0 aliphatic rings. The van der Waals surface area contributed by atoms with E-state index in [4.69, 9.17) is 9.47 Å². The first-order valence-electron chi connectivity index (χ1n) is 10.7. The van der Waals surface area contributed by atoms with Gasteiger partial charge in [0.2, 0.25) is 5.13 Å². The molecule has 0 radical (unpaired) electrons. The maximum absolute atomic E-state index is 6.04. The van der Waals surface area contributed by atoms with E-state index in [2.05, 4.69) is 66.6 Å². The molecule has 1 N–H and O–H groups in total. The molecule has 6 heteroatoms. The SMILES string of the molecule is COc1cc(/C=N\Nc2nc(-c3ccccc3)c(C)s2)ccc1OCc1cc(C)ccc1C. The predicted octanol–water partition coefficient (Wildman–Crippen LogP) is 6.77. The number of rotatable bonds is 8. The van der Waals surface area contributed by atoms with Gasteiger partial charge in [-0.1, -0.05) is 54.1 Å². The number of aryl methyl sites for hydroxylation is 3. The van der Waals surface area contributed by atoms with E-state index in [0.717, 1.165) is 26.8 Å². The Kier molecular flexibility index (Phi) is 7.05. The number of benzene rings is 3. The van der Waals surface area contributed by atoms with Crippen molar-refractivity contribution in [2.45, 2.75) is 27.4 Å². The fourth-order valence-corrected chi connectivity index (χ4v) is 4.25. The molecule has 168 valence electrons. The lowest BCUT2D eigenvalue weighted by Crippen LogP contribution is -2.00. The van der Waals surface area contributed by atoms with Gasteiger partial charge in [0.15, 0.2) is 11.5 Å². The van der Waals surface area contributed by atoms with E-state index in [1.54, 1.807) is 24.7 Å². The zero-order chi connectivity index (χ0) is 23.2. The molecule has 1 heterocycles. The van der Waals surface area contributed by atoms with Gasteiger partial charge >= 0.3 is 0 Å². The van der Waals surface area contributed by atoms with Crippen molar-refractivity contribution >= 4 is 22.7 Å². The largest absolute Gasteiger partial charge is 0.493 e. The second-order valence-electron chi connectivity index (χ2n) is 7.79. The second-order valence-corrected chi connectivity index (χ2v) is 8.99. The van der Waals surface area contributed by atoms with Gasteiger partial charge in [0.25, 0.3) is 0 Å². The molecule has 33 heavy (non-hydrogen) atoms. The van der Waals surface area contributed by atoms with Gasteiger partial charge in [-0.15, -0.1) is 11.3 Å². The Balaban J connectivity index is 1.42. The molecule has 0 aliphatic carbocycles. The third-order valence-corrected chi connectivity index (χ3v) is 6.17. The van der Waals surface area contributed by atoms with E-state index in [-0.39, 0.29) is 0 Å². The quantitative estimate of drug-likeness (QED) is 0.234. The number of nitrogens with zero attached hydrogens (tertiary/aromatic N) is 2. The summed E-state index contributed by atoms with van der Waals surface area (Å²) in [5, 5.41) is 5.11. The summed E-state index contributed by atoms with van der Waals surface area (Å²) in [6.45, 7) is 6.73. The van der Waals surface area contributed by atoms with Gasteiger partial charge < -0.3 is 9.47 Å². The lowest BCUT2D eigenvalue weighted by atomic mass is 10.1. The van der Waals surface area contributed by atoms with E-state index in [1.165, 1.54) is 16.7 Å². The monoisotopic (exact) mass is 457 g/mol. The minimum atomic E-state index is 0.492. The van der Waals surface area contributed by atoms with Crippen LogP contribution < -0.4 is 14.9 Å². The standard InChI is InChI=1S/C27H27N3O2S/c1-18-10-11-19(2)23(14-18)17-32-24-13-12-21(15-25(24)31-4)16-28-30-27-29-26(20(3)33-27)22-8-6-5-7-9-22/h5-16H,17H2,1-4H3,(H,29,30)/b28-16-. The number of hydrogen-bond donors (Lipinski definition) is 1. The summed E-state index contributed by atoms with van der Waals surface area (Å²) < 4.78 is 11.6. The summed E-state index contributed by atoms with van der Waals surface area (Å²) in [4.78, 5) is 5.82. The van der Waals surface area contributed by atoms with Crippen LogP contribution in [0.4, 0.5) is 5.13 Å². The average Bonchev–Trinajstić information content (AvgIpc) is 3.20. The number of thiazole rings is 1. The molecule has 0 aliphatic heterocycles. The Hall–Kier alpha value is -3.64. The second kappa shape index (κ2) is 10.3. The molecule has 0 atom stereocenters. The van der Waals surface area contributed by atoms with Crippen molar-refractivity contribution in [1.82, 2.24) is 4.98 Å². The van der Waals surface area contributed by atoms with Crippen molar-refractivity contribution in [2.24, 2.45) is 5.10 Å². The van der Waals surface area contributed by atoms with Crippen molar-refractivity contribution in [2.75, 3.05) is 12.5 Å². The van der Waals surface area contributed by atoms with Crippen LogP contribution in [0.5, 0.6) is 11.5 Å². The van der Waals surface area contributed by atoms with Crippen molar-refractivity contribution in [1.29, 1.82) is 0 Å². The molecular formula is C27H27N3O2S. The van der Waals surface area contributed by atoms with Crippen LogP contribution >= 0.6 is 11.3 Å². The highest BCUT2D eigenvalue weighted by Crippen LogP contribution is 2.31. The number of hydrazone groups is 1. The van der Waals surface area contributed by atoms with Crippen LogP contribution in [0.15, 0.2) is 71.8 Å². The summed E-state index contributed by atoms with van der Waals surface area (Å²) in [5.74, 6) is 1.37. The van der Waals surface area contributed by atoms with Crippen LogP contribution in [0, 0.1) is 20.8 Å². The van der Waals surface area contributed by atoms with Crippen molar-refractivity contribution in [3.63, 3.8) is 0 Å². The van der Waals surface area contributed by atoms with Crippen LogP contribution in [0.2, 0.25) is 0 Å². The Morgan fingerprint density at radius 1 is 0.970 bits per heavy atom. The maximum atomic E-state index is 6.04. The zero-order valence-corrected chi connectivity index (χ0v) is 20.1. The van der Waals surface area contributed by atoms with Gasteiger partial charge in [-0.2, -0.15) is 5.10 Å². The molecule has 5 nitrogen and oxygen atoms in total. The zero-order valence-electron chi connectivity index (χ0n) is 19.3. The van der Waals surface area contributed by atoms with Crippen LogP contribution in [0.1, 0.15) is 27.1 Å². The maximum Gasteiger partial charge on any atom is 0.204 e. The molecule has 0 unspecified atom stereocenters. The fraction of sp³-hybridized carbons (Fsp3) is 0.185. The van der Waals surface area contributed by atoms with E-state index in [0.29, 0.717) is 18.1 Å². The minimum absolute atomic E-state index is 0.492. The van der Waals surface area contributed by atoms with Crippen LogP contribution in [0.25, 0.3) is 11.3 Å². The number of anilines is 1. The average molecular weight is 458 g/mol. The molecule has 1 aromatic heterocycles. The molecular weight excluding hydrogens is 430 g/mol. The highest BCUT2D eigenvalue weighted by molar-refractivity contribution is 7.15. The summed E-state index contributed by atoms with van der Waals surface area (Å²) >= 11 is 1.58. The normalized spacial score (nSPS) is 11.0. The molecule has 4 aromatic rings. The van der Waals surface area contributed by atoms with Gasteiger partial charge in [-0.05, 0) is 55.7 Å². The molecule has 0 amide bonds. The minimum Gasteiger partial charge on any atom is -0.493 e. The summed E-state index contributed by atoms with van der Waals surface area (Å²) in [6, 6.07) is 22.3. The van der Waals surface area contributed by atoms with Crippen LogP contribution in [-0.4, -0.2) is 18.3 Å². The summed E-state index contributed by atoms with van der Waals surface area (Å²) in [7, 11) is 1.64. The molecule has 0 saturated carbocycles. The molecule has 0 spiro atoms. The molecule has 0 bridgehead atoms. The van der Waals surface area contributed by atoms with E-state index < -0.39 is 0 Å². The lowest BCUT2D eigenvalue weighted by Gasteiger charge is -2.13. The topological polar surface area (TPSA) is 55.7 Å². The molecule has 3 aromatic carbocycles. The van der Waals surface area contributed by atoms with Gasteiger partial charge in [0.05, 0.1) is 19.0 Å². The summed E-state index contributed by atoms with van der Waals surface area (Å²) in [5.41, 5.74) is 9.61. The first kappa shape index (κ1) is 22.6. The lowest BCUT2D eigenvalue weighted by molar-refractivity contribution is 0.284. The number of nitrogens with one attached hydrogen (secondary N) is 1. The van der Waals surface area contributed by atoms with Gasteiger partial charge in [0.1, 0.15) is 6.61 Å². The van der Waals surface area contributed by atoms with Crippen molar-refractivity contribution in [3.05, 3.63) is 93.9 Å². The predicted molar refractivity (Wildman–Crippen MR) is 137 cm³/mol. The molecule has 0 fully saturated rings. The third-order valence-electron chi connectivity index (χ3n) is 5.29. The Morgan fingerprint density at radius 2 is 1.79 bits per heavy atom. The Bertz CT molecular complexity index is 1270. The van der Waals surface area contributed by atoms with Gasteiger partial charge in [-0.25, -0.2) is 4.98 Å². The number of methoxy groups -OCH3 is 1. The first-order valence-corrected chi connectivity index (χ1v) is 11.5. The Morgan fingerprint density at radius 3 is 2.58 bits per heavy atom. The number of hydrogen-bond acceptors (Lipinski definition) is 6. The number of ether oxygens (including phenoxy) is 2. The number of aromatic nitrogens is 1. The first-order chi connectivity index (χ1) is 16.0. The summed E-state index contributed by atoms with van der Waals surface area (Å²) in [6.07, 6.45) is 1.75. The van der Waals surface area contributed by atoms with Gasteiger partial charge in [-0.3, -0.25) is 5.43 Å². The molecule has 0 saturated heterocycles. The van der Waals surface area contributed by atoms with Crippen molar-refractivity contribution in [3.8, 4) is 22.8 Å². The molecule has 4 rings (SSSR count). The van der Waals surface area contributed by atoms with Crippen LogP contribution in [-0.2, 0) is 6.61 Å². The van der Waals surface area contributed by atoms with E-state index in [1.807, 2.05) is 36.4 Å². The fourth-order valence-electron chi connectivity index (χ4n) is 3.47. The Labute approximate surface area is 198 Å². The van der Waals surface area contributed by atoms with E-state index >= 15 is 0 Å². The van der Waals surface area contributed by atoms with Gasteiger partial charge in [0, 0.05) is 10.4 Å². The third kappa shape index (κ3) is 5.59. The van der Waals surface area contributed by atoms with Crippen LogP contribution in [0.3, 0.4) is 0 Å². The highest BCUT2D eigenvalue weighted by atomic mass is 32.1.